The molecule has 1 aromatic heterocycles. The van der Waals surface area contributed by atoms with Crippen LogP contribution in [0.1, 0.15) is 6.92 Å². The topological polar surface area (TPSA) is 63.4 Å². The van der Waals surface area contributed by atoms with E-state index >= 15 is 0 Å². The molecule has 1 saturated heterocycles. The molecule has 1 aliphatic heterocycles. The third-order valence-electron chi connectivity index (χ3n) is 2.83. The molecule has 0 radical (unpaired) electrons. The summed E-state index contributed by atoms with van der Waals surface area (Å²) in [6, 6.07) is 4.18. The summed E-state index contributed by atoms with van der Waals surface area (Å²) in [6.45, 7) is 6.91. The predicted octanol–water partition coefficient (Wildman–Crippen LogP) is 0.796. The van der Waals surface area contributed by atoms with E-state index < -0.39 is 0 Å². The van der Waals surface area contributed by atoms with Crippen LogP contribution in [0.2, 0.25) is 0 Å². The molecule has 0 aliphatic carbocycles. The lowest BCUT2D eigenvalue weighted by molar-refractivity contribution is 0.0368. The van der Waals surface area contributed by atoms with Crippen LogP contribution in [0.4, 0.5) is 11.5 Å². The van der Waals surface area contributed by atoms with Gasteiger partial charge in [-0.25, -0.2) is 4.98 Å². The molecule has 2 heterocycles. The van der Waals surface area contributed by atoms with E-state index in [4.69, 9.17) is 10.5 Å². The van der Waals surface area contributed by atoms with Gasteiger partial charge in [-0.3, -0.25) is 4.90 Å². The van der Waals surface area contributed by atoms with E-state index in [1.54, 1.807) is 6.20 Å². The van der Waals surface area contributed by atoms with Crippen LogP contribution in [0.25, 0.3) is 0 Å². The number of nitrogens with two attached hydrogens (primary N) is 1. The summed E-state index contributed by atoms with van der Waals surface area (Å²) in [5.41, 5.74) is 6.67. The first-order chi connectivity index (χ1) is 8.24. The van der Waals surface area contributed by atoms with Crippen LogP contribution < -0.4 is 11.1 Å². The number of aromatic nitrogens is 1. The Morgan fingerprint density at radius 1 is 1.53 bits per heavy atom. The van der Waals surface area contributed by atoms with Crippen LogP contribution in [0.15, 0.2) is 18.3 Å². The van der Waals surface area contributed by atoms with Gasteiger partial charge in [0.1, 0.15) is 5.82 Å². The first kappa shape index (κ1) is 12.1. The van der Waals surface area contributed by atoms with E-state index in [1.165, 1.54) is 0 Å². The van der Waals surface area contributed by atoms with E-state index in [0.29, 0.717) is 11.9 Å². The predicted molar refractivity (Wildman–Crippen MR) is 69.0 cm³/mol. The molecule has 3 N–H and O–H groups in total. The fraction of sp³-hybridized carbons (Fsp3) is 0.583. The van der Waals surface area contributed by atoms with E-state index in [1.807, 2.05) is 12.1 Å². The fourth-order valence-corrected chi connectivity index (χ4v) is 2.04. The van der Waals surface area contributed by atoms with Gasteiger partial charge in [0.2, 0.25) is 0 Å². The van der Waals surface area contributed by atoms with Crippen molar-refractivity contribution in [2.45, 2.75) is 13.0 Å². The largest absolute Gasteiger partial charge is 0.384 e. The molecule has 5 nitrogen and oxygen atoms in total. The van der Waals surface area contributed by atoms with Gasteiger partial charge in [0.25, 0.3) is 0 Å². The third-order valence-corrected chi connectivity index (χ3v) is 2.83. The number of nitrogens with one attached hydrogen (secondary N) is 1. The second-order valence-corrected chi connectivity index (χ2v) is 4.43. The maximum atomic E-state index is 5.64. The Kier molecular flexibility index (Phi) is 4.17. The van der Waals surface area contributed by atoms with Crippen molar-refractivity contribution in [3.05, 3.63) is 18.3 Å². The van der Waals surface area contributed by atoms with Crippen LogP contribution in [0.3, 0.4) is 0 Å². The van der Waals surface area contributed by atoms with Crippen LogP contribution >= 0.6 is 0 Å². The van der Waals surface area contributed by atoms with Crippen LogP contribution in [0.5, 0.6) is 0 Å². The zero-order valence-corrected chi connectivity index (χ0v) is 10.2. The monoisotopic (exact) mass is 236 g/mol. The van der Waals surface area contributed by atoms with Crippen molar-refractivity contribution in [3.63, 3.8) is 0 Å². The molecule has 1 fully saturated rings. The van der Waals surface area contributed by atoms with Crippen LogP contribution in [-0.2, 0) is 4.74 Å². The van der Waals surface area contributed by atoms with E-state index in [0.717, 1.165) is 38.5 Å². The van der Waals surface area contributed by atoms with Crippen LogP contribution in [-0.4, -0.2) is 48.8 Å². The summed E-state index contributed by atoms with van der Waals surface area (Å²) in [4.78, 5) is 6.38. The average Bonchev–Trinajstić information content (AvgIpc) is 2.30. The Labute approximate surface area is 102 Å². The molecule has 2 rings (SSSR count). The Morgan fingerprint density at radius 3 is 3.00 bits per heavy atom. The fourth-order valence-electron chi connectivity index (χ4n) is 2.04. The summed E-state index contributed by atoms with van der Waals surface area (Å²) in [7, 11) is 0. The number of hydrogen-bond donors (Lipinski definition) is 2. The zero-order chi connectivity index (χ0) is 12.1. The summed E-state index contributed by atoms with van der Waals surface area (Å²) < 4.78 is 5.33. The summed E-state index contributed by atoms with van der Waals surface area (Å²) in [5.74, 6) is 0.550. The normalized spacial score (nSPS) is 18.9. The van der Waals surface area contributed by atoms with E-state index in [2.05, 4.69) is 22.1 Å². The van der Waals surface area contributed by atoms with Gasteiger partial charge in [-0.15, -0.1) is 0 Å². The van der Waals surface area contributed by atoms with Crippen LogP contribution in [0, 0.1) is 0 Å². The lowest BCUT2D eigenvalue weighted by atomic mass is 10.2. The molecule has 5 heteroatoms. The molecular formula is C12H20N4O. The standard InChI is InChI=1S/C12H20N4O/c1-10(9-16-4-6-17-7-5-16)15-11-2-3-14-12(13)8-11/h2-3,8,10H,4-7,9H2,1H3,(H3,13,14,15). The quantitative estimate of drug-likeness (QED) is 0.809. The highest BCUT2D eigenvalue weighted by molar-refractivity contribution is 5.50. The number of pyridine rings is 1. The average molecular weight is 236 g/mol. The number of morpholine rings is 1. The molecule has 0 aromatic carbocycles. The number of nitrogens with zero attached hydrogens (tertiary/aromatic N) is 2. The molecule has 0 spiro atoms. The Hall–Kier alpha value is -1.33. The van der Waals surface area contributed by atoms with Gasteiger partial charge in [-0.05, 0) is 13.0 Å². The number of hydrogen-bond acceptors (Lipinski definition) is 5. The van der Waals surface area contributed by atoms with Gasteiger partial charge >= 0.3 is 0 Å². The Morgan fingerprint density at radius 2 is 2.29 bits per heavy atom. The number of nitrogen functional groups attached to an aromatic ring is 1. The van der Waals surface area contributed by atoms with Crippen molar-refractivity contribution in [2.75, 3.05) is 43.9 Å². The lowest BCUT2D eigenvalue weighted by Gasteiger charge is -2.29. The number of anilines is 2. The highest BCUT2D eigenvalue weighted by atomic mass is 16.5. The van der Waals surface area contributed by atoms with Gasteiger partial charge in [0, 0.05) is 43.6 Å². The first-order valence-corrected chi connectivity index (χ1v) is 6.02. The van der Waals surface area contributed by atoms with Crippen molar-refractivity contribution in [2.24, 2.45) is 0 Å². The first-order valence-electron chi connectivity index (χ1n) is 6.02. The lowest BCUT2D eigenvalue weighted by Crippen LogP contribution is -2.42. The molecular weight excluding hydrogens is 216 g/mol. The minimum atomic E-state index is 0.384. The molecule has 0 amide bonds. The second kappa shape index (κ2) is 5.84. The summed E-state index contributed by atoms with van der Waals surface area (Å²) in [6.07, 6.45) is 1.72. The minimum Gasteiger partial charge on any atom is -0.384 e. The number of ether oxygens (including phenoxy) is 1. The van der Waals surface area contributed by atoms with Crippen molar-refractivity contribution in [1.29, 1.82) is 0 Å². The molecule has 1 atom stereocenters. The molecule has 0 bridgehead atoms. The van der Waals surface area contributed by atoms with Gasteiger partial charge in [-0.1, -0.05) is 0 Å². The SMILES string of the molecule is CC(CN1CCOCC1)Nc1ccnc(N)c1. The molecule has 94 valence electrons. The molecule has 1 unspecified atom stereocenters. The zero-order valence-electron chi connectivity index (χ0n) is 10.2. The van der Waals surface area contributed by atoms with Crippen molar-refractivity contribution in [1.82, 2.24) is 9.88 Å². The van der Waals surface area contributed by atoms with E-state index in [9.17, 15) is 0 Å². The highest BCUT2D eigenvalue weighted by Crippen LogP contribution is 2.11. The summed E-state index contributed by atoms with van der Waals surface area (Å²) in [5, 5.41) is 3.43. The molecule has 17 heavy (non-hydrogen) atoms. The van der Waals surface area contributed by atoms with E-state index in [-0.39, 0.29) is 0 Å². The number of rotatable bonds is 4. The van der Waals surface area contributed by atoms with Gasteiger partial charge in [-0.2, -0.15) is 0 Å². The third kappa shape index (κ3) is 3.87. The maximum Gasteiger partial charge on any atom is 0.125 e. The second-order valence-electron chi connectivity index (χ2n) is 4.43. The smallest absolute Gasteiger partial charge is 0.125 e. The molecule has 1 aromatic rings. The van der Waals surface area contributed by atoms with Crippen molar-refractivity contribution in [3.8, 4) is 0 Å². The minimum absolute atomic E-state index is 0.384. The van der Waals surface area contributed by atoms with Gasteiger partial charge in [0.05, 0.1) is 13.2 Å². The maximum absolute atomic E-state index is 5.64. The molecule has 1 aliphatic rings. The van der Waals surface area contributed by atoms with Gasteiger partial charge < -0.3 is 15.8 Å². The Bertz CT molecular complexity index is 352. The summed E-state index contributed by atoms with van der Waals surface area (Å²) >= 11 is 0. The highest BCUT2D eigenvalue weighted by Gasteiger charge is 2.13. The molecule has 0 saturated carbocycles. The van der Waals surface area contributed by atoms with Crippen molar-refractivity contribution < 1.29 is 4.74 Å². The van der Waals surface area contributed by atoms with Gasteiger partial charge in [0.15, 0.2) is 0 Å². The Balaban J connectivity index is 1.82. The van der Waals surface area contributed by atoms with Crippen molar-refractivity contribution >= 4 is 11.5 Å².